The largest absolute Gasteiger partial charge is 0.493 e. The van der Waals surface area contributed by atoms with E-state index in [4.69, 9.17) is 28.4 Å². The maximum atomic E-state index is 12.5. The van der Waals surface area contributed by atoms with E-state index in [1.165, 1.54) is 14.4 Å². The smallest absolute Gasteiger partial charge is 0.332 e. The minimum absolute atomic E-state index is 0.204. The van der Waals surface area contributed by atoms with Crippen molar-refractivity contribution in [1.29, 1.82) is 0 Å². The van der Waals surface area contributed by atoms with Gasteiger partial charge in [0.05, 0.1) is 146 Å². The van der Waals surface area contributed by atoms with E-state index in [0.717, 1.165) is 104 Å². The van der Waals surface area contributed by atoms with Crippen LogP contribution in [0.1, 0.15) is 11.1 Å². The summed E-state index contributed by atoms with van der Waals surface area (Å²) in [4.78, 5) is 83.5. The third-order valence-corrected chi connectivity index (χ3v) is 16.0. The minimum Gasteiger partial charge on any atom is -0.493 e. The standard InChI is InChI=1S/2C16H16N6O2.2C13H11N5O3/c23-16-19-12-8-17-20-14(12)15-18-11-7-10(1-2-13(11)22(15)16)9-21-3-5-24-6-4-21;23-16-19-12-8-17-20-14(12)15-18-11-2-1-10(7-13(11)22(15)16)9-21-3-5-24-6-4-21;2*1-20-9-3-6-8(4-10(9)21-2)18-12(15-6)11-7(5-14-17-11)16-13(18)19/h2*1-2,7-8H,3-6,9H2,(H,17,20)(H,19,23);2*3-5H,1-2H3,(H,14,17)(H,16,19). The van der Waals surface area contributed by atoms with E-state index in [0.29, 0.717) is 101 Å². The monoisotopic (exact) mass is 1220 g/mol. The Kier molecular flexibility index (Phi) is 13.7. The Bertz CT molecular complexity index is 5480. The highest BCUT2D eigenvalue weighted by molar-refractivity contribution is 5.97. The van der Waals surface area contributed by atoms with Gasteiger partial charge in [0, 0.05) is 63.5 Å². The van der Waals surface area contributed by atoms with Crippen LogP contribution in [-0.2, 0) is 22.6 Å². The molecule has 0 spiro atoms. The molecule has 0 unspecified atom stereocenters. The molecule has 14 heterocycles. The second kappa shape index (κ2) is 22.3. The maximum Gasteiger partial charge on any atom is 0.332 e. The molecule has 0 amide bonds. The maximum absolute atomic E-state index is 12.5. The van der Waals surface area contributed by atoms with E-state index >= 15 is 0 Å². The first-order valence-corrected chi connectivity index (χ1v) is 28.4. The van der Waals surface area contributed by atoms with Gasteiger partial charge in [0.15, 0.2) is 45.6 Å². The molecule has 2 aliphatic rings. The third kappa shape index (κ3) is 9.48. The highest BCUT2D eigenvalue weighted by atomic mass is 16.5. The van der Waals surface area contributed by atoms with Crippen molar-refractivity contribution in [2.24, 2.45) is 0 Å². The highest BCUT2D eigenvalue weighted by Crippen LogP contribution is 2.34. The Morgan fingerprint density at radius 2 is 0.711 bits per heavy atom. The normalized spacial score (nSPS) is 14.2. The first-order valence-electron chi connectivity index (χ1n) is 28.4. The van der Waals surface area contributed by atoms with E-state index in [9.17, 15) is 19.2 Å². The zero-order valence-corrected chi connectivity index (χ0v) is 48.5. The van der Waals surface area contributed by atoms with Gasteiger partial charge < -0.3 is 48.4 Å². The molecule has 4 aromatic carbocycles. The van der Waals surface area contributed by atoms with Gasteiger partial charge in [-0.05, 0) is 35.4 Å². The molecule has 0 atom stereocenters. The first kappa shape index (κ1) is 55.1. The SMILES string of the molecule is COc1cc2nc3c4[nH]ncc4[nH]c(=O)n3c2cc1OC.COc1cc2nc3c4[nH]ncc4[nH]c(=O)n3c2cc1OC.O=c1[nH]c2cn[nH]c2c2nc3cc(CN4CCOCC4)ccc3n12.O=c1[nH]c2cn[nH]c2c2nc3ccc(CN4CCOCC4)cc3n12. The van der Waals surface area contributed by atoms with Crippen LogP contribution in [0.25, 0.3) is 111 Å². The number of imidazole rings is 4. The van der Waals surface area contributed by atoms with Gasteiger partial charge in [-0.1, -0.05) is 12.1 Å². The van der Waals surface area contributed by atoms with Crippen LogP contribution in [0.15, 0.2) is 105 Å². The molecule has 2 saturated heterocycles. The van der Waals surface area contributed by atoms with Crippen molar-refractivity contribution in [1.82, 2.24) is 108 Å². The second-order valence-electron chi connectivity index (χ2n) is 21.3. The summed E-state index contributed by atoms with van der Waals surface area (Å²) in [7, 11) is 6.20. The Hall–Kier alpha value is -11.5. The molecule has 2 aliphatic heterocycles. The van der Waals surface area contributed by atoms with Crippen molar-refractivity contribution in [2.75, 3.05) is 81.0 Å². The zero-order valence-electron chi connectivity index (χ0n) is 48.5. The number of nitrogens with one attached hydrogen (secondary N) is 8. The Labute approximate surface area is 501 Å². The Morgan fingerprint density at radius 1 is 0.389 bits per heavy atom. The Morgan fingerprint density at radius 3 is 1.10 bits per heavy atom. The van der Waals surface area contributed by atoms with Crippen molar-refractivity contribution in [2.45, 2.75) is 13.1 Å². The molecule has 2 fully saturated rings. The van der Waals surface area contributed by atoms with Gasteiger partial charge >= 0.3 is 22.8 Å². The van der Waals surface area contributed by atoms with Crippen molar-refractivity contribution >= 4 is 111 Å². The number of aromatic nitrogens is 20. The molecule has 0 radical (unpaired) electrons. The number of benzene rings is 4. The number of fused-ring (bicyclic) bond motifs is 20. The molecule has 90 heavy (non-hydrogen) atoms. The topological polar surface area (TPSA) is 377 Å². The number of rotatable bonds is 8. The van der Waals surface area contributed by atoms with Crippen LogP contribution in [0.2, 0.25) is 0 Å². The molecule has 32 heteroatoms. The fourth-order valence-electron chi connectivity index (χ4n) is 11.7. The van der Waals surface area contributed by atoms with Crippen LogP contribution in [0, 0.1) is 0 Å². The molecule has 0 aliphatic carbocycles. The molecule has 18 rings (SSSR count). The van der Waals surface area contributed by atoms with E-state index in [-0.39, 0.29) is 22.8 Å². The summed E-state index contributed by atoms with van der Waals surface area (Å²) in [5, 5.41) is 27.3. The number of ether oxygens (including phenoxy) is 6. The molecular weight excluding hydrogens is 1160 g/mol. The van der Waals surface area contributed by atoms with Crippen LogP contribution >= 0.6 is 0 Å². The van der Waals surface area contributed by atoms with E-state index in [1.807, 2.05) is 18.2 Å². The van der Waals surface area contributed by atoms with Gasteiger partial charge in [-0.2, -0.15) is 20.4 Å². The average molecular weight is 1220 g/mol. The summed E-state index contributed by atoms with van der Waals surface area (Å²) in [6.07, 6.45) is 6.30. The van der Waals surface area contributed by atoms with Crippen molar-refractivity contribution < 1.29 is 28.4 Å². The summed E-state index contributed by atoms with van der Waals surface area (Å²) in [5.74, 6) is 2.20. The zero-order chi connectivity index (χ0) is 61.3. The lowest BCUT2D eigenvalue weighted by atomic mass is 10.2. The fourth-order valence-corrected chi connectivity index (χ4v) is 11.7. The van der Waals surface area contributed by atoms with Crippen molar-refractivity contribution in [3.05, 3.63) is 139 Å². The molecule has 16 aromatic rings. The average Bonchev–Trinajstić information content (AvgIpc) is 1.69. The predicted octanol–water partition coefficient (Wildman–Crippen LogP) is 3.91. The number of nitrogens with zero attached hydrogens (tertiary/aromatic N) is 14. The lowest BCUT2D eigenvalue weighted by molar-refractivity contribution is 0.0341. The summed E-state index contributed by atoms with van der Waals surface area (Å²) in [6, 6.07) is 19.1. The number of H-pyrrole nitrogens is 8. The number of aromatic amines is 8. The van der Waals surface area contributed by atoms with E-state index in [1.54, 1.807) is 86.3 Å². The summed E-state index contributed by atoms with van der Waals surface area (Å²) >= 11 is 0. The van der Waals surface area contributed by atoms with Crippen LogP contribution in [-0.4, -0.2) is 189 Å². The van der Waals surface area contributed by atoms with Gasteiger partial charge in [0.25, 0.3) is 0 Å². The fraction of sp³-hybridized carbons (Fsp3) is 0.241. The van der Waals surface area contributed by atoms with E-state index < -0.39 is 0 Å². The number of methoxy groups -OCH3 is 4. The quantitative estimate of drug-likeness (QED) is 0.107. The molecule has 0 bridgehead atoms. The van der Waals surface area contributed by atoms with Crippen LogP contribution in [0.3, 0.4) is 0 Å². The van der Waals surface area contributed by atoms with Crippen LogP contribution in [0.4, 0.5) is 0 Å². The van der Waals surface area contributed by atoms with Gasteiger partial charge in [-0.3, -0.25) is 30.2 Å². The van der Waals surface area contributed by atoms with E-state index in [2.05, 4.69) is 109 Å². The molecule has 32 nitrogen and oxygen atoms in total. The van der Waals surface area contributed by atoms with Gasteiger partial charge in [-0.15, -0.1) is 0 Å². The molecule has 0 saturated carbocycles. The number of hydrogen-bond donors (Lipinski definition) is 8. The lowest BCUT2D eigenvalue weighted by Crippen LogP contribution is -2.35. The van der Waals surface area contributed by atoms with Gasteiger partial charge in [0.2, 0.25) is 0 Å². The number of morpholine rings is 2. The predicted molar refractivity (Wildman–Crippen MR) is 330 cm³/mol. The van der Waals surface area contributed by atoms with Crippen molar-refractivity contribution in [3.8, 4) is 23.0 Å². The molecule has 12 aromatic heterocycles. The van der Waals surface area contributed by atoms with Gasteiger partial charge in [0.1, 0.15) is 22.1 Å². The van der Waals surface area contributed by atoms with Crippen molar-refractivity contribution in [3.63, 3.8) is 0 Å². The lowest BCUT2D eigenvalue weighted by Gasteiger charge is -2.26. The third-order valence-electron chi connectivity index (χ3n) is 16.0. The number of hydrogen-bond acceptors (Lipinski definition) is 20. The van der Waals surface area contributed by atoms with Gasteiger partial charge in [-0.25, -0.2) is 56.7 Å². The Balaban J connectivity index is 0.000000100. The highest BCUT2D eigenvalue weighted by Gasteiger charge is 2.21. The molecule has 456 valence electrons. The van der Waals surface area contributed by atoms with Crippen LogP contribution in [0.5, 0.6) is 23.0 Å². The summed E-state index contributed by atoms with van der Waals surface area (Å²) in [6.45, 7) is 8.56. The second-order valence-corrected chi connectivity index (χ2v) is 21.3. The van der Waals surface area contributed by atoms with Crippen LogP contribution < -0.4 is 41.7 Å². The molecule has 8 N–H and O–H groups in total. The summed E-state index contributed by atoms with van der Waals surface area (Å²) < 4.78 is 38.0. The summed E-state index contributed by atoms with van der Waals surface area (Å²) in [5.41, 5.74) is 14.7. The first-order chi connectivity index (χ1) is 44.0. The molecular formula is C58H54N22O10. The minimum atomic E-state index is -0.284.